The number of thiophene rings is 1. The molecule has 1 aromatic carbocycles. The lowest BCUT2D eigenvalue weighted by Gasteiger charge is -2.11. The van der Waals surface area contributed by atoms with Crippen molar-refractivity contribution in [3.63, 3.8) is 0 Å². The van der Waals surface area contributed by atoms with Crippen molar-refractivity contribution >= 4 is 17.3 Å². The molecule has 130 valence electrons. The van der Waals surface area contributed by atoms with Gasteiger partial charge in [-0.3, -0.25) is 4.99 Å². The summed E-state index contributed by atoms with van der Waals surface area (Å²) < 4.78 is 5.26. The SMILES string of the molecule is CCNC(=NCCCc1cccc(OC)c1)NCCc1cccs1. The van der Waals surface area contributed by atoms with E-state index < -0.39 is 0 Å². The molecule has 0 unspecified atom stereocenters. The summed E-state index contributed by atoms with van der Waals surface area (Å²) in [6, 6.07) is 12.5. The summed E-state index contributed by atoms with van der Waals surface area (Å²) in [6.45, 7) is 4.68. The predicted molar refractivity (Wildman–Crippen MR) is 103 cm³/mol. The number of nitrogens with one attached hydrogen (secondary N) is 2. The summed E-state index contributed by atoms with van der Waals surface area (Å²) in [5.41, 5.74) is 1.29. The van der Waals surface area contributed by atoms with Gasteiger partial charge in [-0.2, -0.15) is 0 Å². The maximum atomic E-state index is 5.26. The van der Waals surface area contributed by atoms with E-state index in [1.807, 2.05) is 12.1 Å². The number of aryl methyl sites for hydroxylation is 1. The molecule has 0 aliphatic carbocycles. The maximum Gasteiger partial charge on any atom is 0.191 e. The molecule has 0 aliphatic heterocycles. The topological polar surface area (TPSA) is 45.7 Å². The molecule has 0 atom stereocenters. The summed E-state index contributed by atoms with van der Waals surface area (Å²) in [5.74, 6) is 1.82. The Hall–Kier alpha value is -2.01. The van der Waals surface area contributed by atoms with Gasteiger partial charge < -0.3 is 15.4 Å². The summed E-state index contributed by atoms with van der Waals surface area (Å²) >= 11 is 1.80. The fourth-order valence-electron chi connectivity index (χ4n) is 2.40. The van der Waals surface area contributed by atoms with Crippen LogP contribution in [0, 0.1) is 0 Å². The van der Waals surface area contributed by atoms with Gasteiger partial charge in [0.2, 0.25) is 0 Å². The number of nitrogens with zero attached hydrogens (tertiary/aromatic N) is 1. The second kappa shape index (κ2) is 10.7. The quantitative estimate of drug-likeness (QED) is 0.415. The summed E-state index contributed by atoms with van der Waals surface area (Å²) in [5, 5.41) is 8.82. The van der Waals surface area contributed by atoms with E-state index in [1.54, 1.807) is 18.4 Å². The van der Waals surface area contributed by atoms with E-state index in [0.717, 1.165) is 50.6 Å². The van der Waals surface area contributed by atoms with Crippen molar-refractivity contribution in [1.82, 2.24) is 10.6 Å². The van der Waals surface area contributed by atoms with E-state index in [0.29, 0.717) is 0 Å². The first-order valence-electron chi connectivity index (χ1n) is 8.49. The number of rotatable bonds is 9. The lowest BCUT2D eigenvalue weighted by atomic mass is 10.1. The lowest BCUT2D eigenvalue weighted by Crippen LogP contribution is -2.38. The fraction of sp³-hybridized carbons (Fsp3) is 0.421. The van der Waals surface area contributed by atoms with Gasteiger partial charge in [0, 0.05) is 24.5 Å². The number of aliphatic imine (C=N–C) groups is 1. The molecule has 24 heavy (non-hydrogen) atoms. The molecule has 5 heteroatoms. The number of methoxy groups -OCH3 is 1. The van der Waals surface area contributed by atoms with Crippen LogP contribution in [0.25, 0.3) is 0 Å². The van der Waals surface area contributed by atoms with Crippen molar-refractivity contribution in [2.75, 3.05) is 26.7 Å². The highest BCUT2D eigenvalue weighted by Crippen LogP contribution is 2.13. The molecule has 0 aliphatic rings. The Morgan fingerprint density at radius 3 is 2.83 bits per heavy atom. The average molecular weight is 346 g/mol. The van der Waals surface area contributed by atoms with Gasteiger partial charge in [0.05, 0.1) is 7.11 Å². The van der Waals surface area contributed by atoms with Crippen molar-refractivity contribution < 1.29 is 4.74 Å². The van der Waals surface area contributed by atoms with Crippen LogP contribution in [0.3, 0.4) is 0 Å². The van der Waals surface area contributed by atoms with Crippen LogP contribution in [-0.2, 0) is 12.8 Å². The van der Waals surface area contributed by atoms with Crippen molar-refractivity contribution in [2.45, 2.75) is 26.2 Å². The summed E-state index contributed by atoms with van der Waals surface area (Å²) in [6.07, 6.45) is 3.07. The third-order valence-electron chi connectivity index (χ3n) is 3.62. The predicted octanol–water partition coefficient (Wildman–Crippen LogP) is 3.49. The van der Waals surface area contributed by atoms with E-state index in [-0.39, 0.29) is 0 Å². The number of hydrogen-bond donors (Lipinski definition) is 2. The highest BCUT2D eigenvalue weighted by Gasteiger charge is 1.99. The van der Waals surface area contributed by atoms with Gasteiger partial charge in [0.1, 0.15) is 5.75 Å². The molecule has 4 nitrogen and oxygen atoms in total. The molecule has 2 N–H and O–H groups in total. The van der Waals surface area contributed by atoms with Crippen molar-refractivity contribution in [3.05, 3.63) is 52.2 Å². The zero-order valence-electron chi connectivity index (χ0n) is 14.5. The highest BCUT2D eigenvalue weighted by atomic mass is 32.1. The Labute approximate surface area is 149 Å². The van der Waals surface area contributed by atoms with Crippen LogP contribution in [0.2, 0.25) is 0 Å². The molecule has 2 rings (SSSR count). The first kappa shape index (κ1) is 18.3. The lowest BCUT2D eigenvalue weighted by molar-refractivity contribution is 0.414. The van der Waals surface area contributed by atoms with E-state index in [2.05, 4.69) is 52.2 Å². The van der Waals surface area contributed by atoms with Crippen LogP contribution in [0.1, 0.15) is 23.8 Å². The van der Waals surface area contributed by atoms with Crippen LogP contribution in [0.5, 0.6) is 5.75 Å². The second-order valence-corrected chi connectivity index (χ2v) is 6.50. The Balaban J connectivity index is 1.73. The first-order valence-corrected chi connectivity index (χ1v) is 9.37. The zero-order valence-corrected chi connectivity index (χ0v) is 15.4. The van der Waals surface area contributed by atoms with Gasteiger partial charge in [0.25, 0.3) is 0 Å². The molecular weight excluding hydrogens is 318 g/mol. The van der Waals surface area contributed by atoms with Crippen LogP contribution in [-0.4, -0.2) is 32.7 Å². The standard InChI is InChI=1S/C19H27N3OS/c1-3-20-19(22-13-11-18-10-6-14-24-18)21-12-5-8-16-7-4-9-17(15-16)23-2/h4,6-7,9-10,14-15H,3,5,8,11-13H2,1-2H3,(H2,20,21,22). The minimum Gasteiger partial charge on any atom is -0.497 e. The third kappa shape index (κ3) is 6.62. The largest absolute Gasteiger partial charge is 0.497 e. The van der Waals surface area contributed by atoms with Crippen LogP contribution >= 0.6 is 11.3 Å². The van der Waals surface area contributed by atoms with Crippen LogP contribution in [0.4, 0.5) is 0 Å². The number of benzene rings is 1. The van der Waals surface area contributed by atoms with Crippen LogP contribution in [0.15, 0.2) is 46.8 Å². The average Bonchev–Trinajstić information content (AvgIpc) is 3.12. The van der Waals surface area contributed by atoms with Crippen molar-refractivity contribution in [3.8, 4) is 5.75 Å². The number of ether oxygens (including phenoxy) is 1. The molecule has 0 saturated carbocycles. The Morgan fingerprint density at radius 1 is 1.17 bits per heavy atom. The molecule has 0 radical (unpaired) electrons. The monoisotopic (exact) mass is 345 g/mol. The molecule has 0 fully saturated rings. The fourth-order valence-corrected chi connectivity index (χ4v) is 3.11. The van der Waals surface area contributed by atoms with E-state index in [9.17, 15) is 0 Å². The van der Waals surface area contributed by atoms with Gasteiger partial charge in [-0.25, -0.2) is 0 Å². The van der Waals surface area contributed by atoms with Crippen molar-refractivity contribution in [1.29, 1.82) is 0 Å². The van der Waals surface area contributed by atoms with E-state index >= 15 is 0 Å². The molecule has 0 amide bonds. The second-order valence-electron chi connectivity index (χ2n) is 5.47. The number of hydrogen-bond acceptors (Lipinski definition) is 3. The third-order valence-corrected chi connectivity index (χ3v) is 4.55. The van der Waals surface area contributed by atoms with Gasteiger partial charge in [-0.05, 0) is 55.3 Å². The van der Waals surface area contributed by atoms with Gasteiger partial charge >= 0.3 is 0 Å². The smallest absolute Gasteiger partial charge is 0.191 e. The number of guanidine groups is 1. The molecule has 1 heterocycles. The van der Waals surface area contributed by atoms with Gasteiger partial charge in [-0.15, -0.1) is 11.3 Å². The van der Waals surface area contributed by atoms with Gasteiger partial charge in [-0.1, -0.05) is 18.2 Å². The Kier molecular flexibility index (Phi) is 8.18. The minimum absolute atomic E-state index is 0.811. The van der Waals surface area contributed by atoms with Crippen LogP contribution < -0.4 is 15.4 Å². The first-order chi connectivity index (χ1) is 11.8. The normalized spacial score (nSPS) is 11.3. The molecular formula is C19H27N3OS. The Morgan fingerprint density at radius 2 is 2.08 bits per heavy atom. The van der Waals surface area contributed by atoms with Gasteiger partial charge in [0.15, 0.2) is 5.96 Å². The summed E-state index contributed by atoms with van der Waals surface area (Å²) in [4.78, 5) is 6.06. The molecule has 1 aromatic heterocycles. The minimum atomic E-state index is 0.811. The molecule has 0 bridgehead atoms. The Bertz CT molecular complexity index is 611. The molecule has 0 spiro atoms. The van der Waals surface area contributed by atoms with Crippen molar-refractivity contribution in [2.24, 2.45) is 4.99 Å². The van der Waals surface area contributed by atoms with E-state index in [1.165, 1.54) is 10.4 Å². The molecule has 2 aromatic rings. The zero-order chi connectivity index (χ0) is 17.0. The summed E-state index contributed by atoms with van der Waals surface area (Å²) in [7, 11) is 1.70. The molecule has 0 saturated heterocycles. The highest BCUT2D eigenvalue weighted by molar-refractivity contribution is 7.09. The van der Waals surface area contributed by atoms with E-state index in [4.69, 9.17) is 4.74 Å². The maximum absolute atomic E-state index is 5.26.